The van der Waals surface area contributed by atoms with Crippen molar-refractivity contribution in [2.75, 3.05) is 0 Å². The van der Waals surface area contributed by atoms with Crippen LogP contribution < -0.4 is 5.73 Å². The zero-order valence-electron chi connectivity index (χ0n) is 17.3. The molecule has 1 heterocycles. The van der Waals surface area contributed by atoms with Crippen LogP contribution >= 0.6 is 0 Å². The number of rotatable bonds is 9. The number of aryl methyl sites for hydroxylation is 1. The van der Waals surface area contributed by atoms with Crippen molar-refractivity contribution in [3.05, 3.63) is 66.1 Å². The van der Waals surface area contributed by atoms with Crippen molar-refractivity contribution in [3.63, 3.8) is 0 Å². The molecule has 0 saturated heterocycles. The predicted octanol–water partition coefficient (Wildman–Crippen LogP) is 4.72. The average molecular weight is 407 g/mol. The molecule has 158 valence electrons. The van der Waals surface area contributed by atoms with E-state index in [1.165, 1.54) is 12.8 Å². The van der Waals surface area contributed by atoms with E-state index in [2.05, 4.69) is 17.1 Å². The molecule has 1 aromatic heterocycles. The molecule has 0 spiro atoms. The summed E-state index contributed by atoms with van der Waals surface area (Å²) in [5, 5.41) is 11.9. The molecule has 1 aliphatic rings. The number of nitrogens with zero attached hydrogens (tertiary/aromatic N) is 1. The minimum atomic E-state index is -1.25. The van der Waals surface area contributed by atoms with Crippen LogP contribution in [0.1, 0.15) is 56.4 Å². The second-order valence-corrected chi connectivity index (χ2v) is 8.68. The van der Waals surface area contributed by atoms with E-state index in [-0.39, 0.29) is 11.8 Å². The van der Waals surface area contributed by atoms with Crippen LogP contribution in [0, 0.1) is 11.8 Å². The van der Waals surface area contributed by atoms with Gasteiger partial charge in [0.25, 0.3) is 0 Å². The molecule has 1 saturated carbocycles. The van der Waals surface area contributed by atoms with E-state index < -0.39 is 5.60 Å². The van der Waals surface area contributed by atoms with Crippen molar-refractivity contribution >= 4 is 17.0 Å². The van der Waals surface area contributed by atoms with Gasteiger partial charge < -0.3 is 15.3 Å². The highest BCUT2D eigenvalue weighted by Crippen LogP contribution is 2.42. The lowest BCUT2D eigenvalue weighted by molar-refractivity contribution is -0.120. The molecule has 5 heteroatoms. The summed E-state index contributed by atoms with van der Waals surface area (Å²) in [5.41, 5.74) is 6.88. The number of para-hydroxylation sites is 2. The fraction of sp³-hybridized carbons (Fsp3) is 0.440. The lowest BCUT2D eigenvalue weighted by atomic mass is 9.77. The number of hydrogen-bond acceptors (Lipinski definition) is 4. The van der Waals surface area contributed by atoms with Gasteiger partial charge in [-0.05, 0) is 48.8 Å². The number of aromatic nitrogens is 1. The van der Waals surface area contributed by atoms with Gasteiger partial charge in [-0.25, -0.2) is 4.98 Å². The summed E-state index contributed by atoms with van der Waals surface area (Å²) in [5.74, 6) is 0.466. The fourth-order valence-corrected chi connectivity index (χ4v) is 4.89. The SMILES string of the molecule is NC(=O)CC(CC(O)(CCc1ccccc1)c1nc2ccccc2o1)C1CCCC1. The van der Waals surface area contributed by atoms with E-state index in [9.17, 15) is 9.90 Å². The maximum Gasteiger partial charge on any atom is 0.227 e. The Labute approximate surface area is 177 Å². The van der Waals surface area contributed by atoms with Crippen LogP contribution in [0.3, 0.4) is 0 Å². The molecule has 5 nitrogen and oxygen atoms in total. The predicted molar refractivity (Wildman–Crippen MR) is 117 cm³/mol. The van der Waals surface area contributed by atoms with Gasteiger partial charge in [-0.2, -0.15) is 0 Å². The van der Waals surface area contributed by atoms with Gasteiger partial charge in [0.05, 0.1) is 0 Å². The number of oxazole rings is 1. The first-order valence-corrected chi connectivity index (χ1v) is 10.9. The lowest BCUT2D eigenvalue weighted by Crippen LogP contribution is -2.34. The Balaban J connectivity index is 1.64. The number of aliphatic hydroxyl groups is 1. The molecular formula is C25H30N2O3. The second-order valence-electron chi connectivity index (χ2n) is 8.68. The van der Waals surface area contributed by atoms with E-state index in [1.54, 1.807) is 0 Å². The molecule has 1 fully saturated rings. The Kier molecular flexibility index (Phi) is 6.18. The largest absolute Gasteiger partial charge is 0.438 e. The second kappa shape index (κ2) is 9.00. The van der Waals surface area contributed by atoms with Gasteiger partial charge in [0.2, 0.25) is 11.8 Å². The molecule has 0 aliphatic heterocycles. The third-order valence-electron chi connectivity index (χ3n) is 6.49. The monoisotopic (exact) mass is 406 g/mol. The first-order chi connectivity index (χ1) is 14.5. The van der Waals surface area contributed by atoms with Gasteiger partial charge in [0.15, 0.2) is 5.58 Å². The quantitative estimate of drug-likeness (QED) is 0.538. The highest BCUT2D eigenvalue weighted by atomic mass is 16.4. The Morgan fingerprint density at radius 2 is 1.83 bits per heavy atom. The van der Waals surface area contributed by atoms with Crippen molar-refractivity contribution < 1.29 is 14.3 Å². The Hall–Kier alpha value is -2.66. The average Bonchev–Trinajstić information content (AvgIpc) is 3.42. The van der Waals surface area contributed by atoms with Gasteiger partial charge in [-0.3, -0.25) is 4.79 Å². The van der Waals surface area contributed by atoms with Crippen molar-refractivity contribution in [2.24, 2.45) is 17.6 Å². The van der Waals surface area contributed by atoms with E-state index in [0.29, 0.717) is 43.1 Å². The van der Waals surface area contributed by atoms with Crippen molar-refractivity contribution in [1.29, 1.82) is 0 Å². The molecule has 0 radical (unpaired) electrons. The molecule has 2 atom stereocenters. The van der Waals surface area contributed by atoms with E-state index in [1.807, 2.05) is 42.5 Å². The zero-order valence-corrected chi connectivity index (χ0v) is 17.3. The molecular weight excluding hydrogens is 376 g/mol. The van der Waals surface area contributed by atoms with Crippen LogP contribution in [0.25, 0.3) is 11.1 Å². The van der Waals surface area contributed by atoms with Crippen molar-refractivity contribution in [3.8, 4) is 0 Å². The summed E-state index contributed by atoms with van der Waals surface area (Å²) in [6, 6.07) is 17.7. The van der Waals surface area contributed by atoms with Crippen LogP contribution in [-0.2, 0) is 16.8 Å². The maximum atomic E-state index is 11.9. The highest BCUT2D eigenvalue weighted by Gasteiger charge is 2.40. The van der Waals surface area contributed by atoms with Gasteiger partial charge in [0, 0.05) is 6.42 Å². The summed E-state index contributed by atoms with van der Waals surface area (Å²) in [7, 11) is 0. The molecule has 3 aromatic rings. The number of benzene rings is 2. The Morgan fingerprint density at radius 1 is 1.13 bits per heavy atom. The highest BCUT2D eigenvalue weighted by molar-refractivity contribution is 5.74. The smallest absolute Gasteiger partial charge is 0.227 e. The van der Waals surface area contributed by atoms with Gasteiger partial charge in [0.1, 0.15) is 11.1 Å². The van der Waals surface area contributed by atoms with Gasteiger partial charge >= 0.3 is 0 Å². The van der Waals surface area contributed by atoms with Crippen LogP contribution in [0.2, 0.25) is 0 Å². The number of amides is 1. The van der Waals surface area contributed by atoms with Crippen LogP contribution in [0.5, 0.6) is 0 Å². The summed E-state index contributed by atoms with van der Waals surface area (Å²) in [6.45, 7) is 0. The third kappa shape index (κ3) is 4.73. The number of carbonyl (C=O) groups is 1. The third-order valence-corrected chi connectivity index (χ3v) is 6.49. The van der Waals surface area contributed by atoms with E-state index >= 15 is 0 Å². The summed E-state index contributed by atoms with van der Waals surface area (Å²) < 4.78 is 6.01. The fourth-order valence-electron chi connectivity index (χ4n) is 4.89. The molecule has 2 aromatic carbocycles. The number of primary amides is 1. The minimum Gasteiger partial charge on any atom is -0.438 e. The molecule has 2 unspecified atom stereocenters. The van der Waals surface area contributed by atoms with E-state index in [4.69, 9.17) is 10.2 Å². The number of nitrogens with two attached hydrogens (primary N) is 1. The molecule has 1 amide bonds. The summed E-state index contributed by atoms with van der Waals surface area (Å²) in [6.07, 6.45) is 6.41. The minimum absolute atomic E-state index is 0.0285. The van der Waals surface area contributed by atoms with Crippen LogP contribution in [0.15, 0.2) is 59.0 Å². The summed E-state index contributed by atoms with van der Waals surface area (Å²) in [4.78, 5) is 16.4. The van der Waals surface area contributed by atoms with Crippen LogP contribution in [0.4, 0.5) is 0 Å². The molecule has 4 rings (SSSR count). The standard InChI is InChI=1S/C25H30N2O3/c26-23(28)16-20(19-10-4-5-11-19)17-25(29,15-14-18-8-2-1-3-9-18)24-27-21-12-6-7-13-22(21)30-24/h1-3,6-9,12-13,19-20,29H,4-5,10-11,14-17H2,(H2,26,28). The number of hydrogen-bond donors (Lipinski definition) is 2. The van der Waals surface area contributed by atoms with Gasteiger partial charge in [-0.1, -0.05) is 68.1 Å². The molecule has 1 aliphatic carbocycles. The van der Waals surface area contributed by atoms with E-state index in [0.717, 1.165) is 23.9 Å². The van der Waals surface area contributed by atoms with Crippen molar-refractivity contribution in [1.82, 2.24) is 4.98 Å². The van der Waals surface area contributed by atoms with Crippen molar-refractivity contribution in [2.45, 2.75) is 57.0 Å². The first kappa shape index (κ1) is 20.6. The Morgan fingerprint density at radius 3 is 2.53 bits per heavy atom. The molecule has 3 N–H and O–H groups in total. The zero-order chi connectivity index (χ0) is 21.0. The lowest BCUT2D eigenvalue weighted by Gasteiger charge is -2.32. The molecule has 30 heavy (non-hydrogen) atoms. The Bertz CT molecular complexity index is 945. The topological polar surface area (TPSA) is 89.4 Å². The summed E-state index contributed by atoms with van der Waals surface area (Å²) >= 11 is 0. The maximum absolute atomic E-state index is 11.9. The van der Waals surface area contributed by atoms with Crippen LogP contribution in [-0.4, -0.2) is 16.0 Å². The number of carbonyl (C=O) groups excluding carboxylic acids is 1. The number of fused-ring (bicyclic) bond motifs is 1. The normalized spacial score (nSPS) is 17.8. The molecule has 0 bridgehead atoms. The first-order valence-electron chi connectivity index (χ1n) is 10.9. The van der Waals surface area contributed by atoms with Gasteiger partial charge in [-0.15, -0.1) is 0 Å².